The van der Waals surface area contributed by atoms with Crippen LogP contribution in [0.5, 0.6) is 0 Å². The Balaban J connectivity index is 0.000000203. The van der Waals surface area contributed by atoms with Crippen molar-refractivity contribution in [2.75, 3.05) is 6.61 Å². The number of amidine groups is 1. The summed E-state index contributed by atoms with van der Waals surface area (Å²) in [5.74, 6) is 0.363. The van der Waals surface area contributed by atoms with E-state index in [-0.39, 0.29) is 41.4 Å². The van der Waals surface area contributed by atoms with Crippen LogP contribution < -0.4 is 11.3 Å². The lowest BCUT2D eigenvalue weighted by Crippen LogP contribution is -2.21. The number of nitrogens with one attached hydrogen (secondary N) is 2. The van der Waals surface area contributed by atoms with Gasteiger partial charge < -0.3 is 15.5 Å². The molecule has 0 aliphatic heterocycles. The van der Waals surface area contributed by atoms with Crippen LogP contribution in [0.3, 0.4) is 0 Å². The average molecular weight is 529 g/mol. The molecule has 1 atom stereocenters. The number of rotatable bonds is 4. The number of halogens is 1. The predicted octanol–water partition coefficient (Wildman–Crippen LogP) is 1.82. The molecule has 3 aromatic heterocycles. The Kier molecular flexibility index (Phi) is 11.4. The summed E-state index contributed by atoms with van der Waals surface area (Å²) in [5, 5.41) is 6.89. The first-order chi connectivity index (χ1) is 17.4. The number of aromatic amines is 1. The lowest BCUT2D eigenvalue weighted by molar-refractivity contribution is -0.150. The molecule has 0 amide bonds. The van der Waals surface area contributed by atoms with Crippen LogP contribution in [0, 0.1) is 11.3 Å². The topological polar surface area (TPSA) is 191 Å². The number of ether oxygens (including phenoxy) is 1. The molecular weight excluding hydrogens is 500 g/mol. The van der Waals surface area contributed by atoms with Gasteiger partial charge in [-0.05, 0) is 51.2 Å². The Morgan fingerprint density at radius 2 is 1.70 bits per heavy atom. The Morgan fingerprint density at radius 1 is 1.05 bits per heavy atom. The molecule has 0 saturated heterocycles. The number of ketones is 1. The summed E-state index contributed by atoms with van der Waals surface area (Å²) >= 11 is 0. The predicted molar refractivity (Wildman–Crippen MR) is 137 cm³/mol. The van der Waals surface area contributed by atoms with Crippen molar-refractivity contribution < 1.29 is 14.3 Å². The fourth-order valence-electron chi connectivity index (χ4n) is 3.71. The van der Waals surface area contributed by atoms with Gasteiger partial charge in [-0.3, -0.25) is 19.8 Å². The number of esters is 1. The minimum Gasteiger partial charge on any atom is -0.465 e. The van der Waals surface area contributed by atoms with E-state index in [1.54, 1.807) is 43.8 Å². The number of carbonyl (C=O) groups excluding carboxylic acids is 2. The third kappa shape index (κ3) is 8.24. The van der Waals surface area contributed by atoms with Crippen LogP contribution in [-0.4, -0.2) is 54.1 Å². The minimum absolute atomic E-state index is 0. The highest BCUT2D eigenvalue weighted by Crippen LogP contribution is 2.22. The third-order valence-electron chi connectivity index (χ3n) is 5.40. The van der Waals surface area contributed by atoms with Gasteiger partial charge in [-0.2, -0.15) is 0 Å². The first-order valence-corrected chi connectivity index (χ1v) is 11.6. The van der Waals surface area contributed by atoms with E-state index in [1.165, 1.54) is 0 Å². The van der Waals surface area contributed by atoms with Gasteiger partial charge >= 0.3 is 5.97 Å². The first-order valence-electron chi connectivity index (χ1n) is 11.6. The molecule has 5 rings (SSSR count). The van der Waals surface area contributed by atoms with E-state index < -0.39 is 5.92 Å². The number of H-pyrrole nitrogens is 1. The molecule has 0 aromatic carbocycles. The molecule has 0 spiro atoms. The van der Waals surface area contributed by atoms with Crippen LogP contribution in [-0.2, 0) is 27.2 Å². The zero-order valence-corrected chi connectivity index (χ0v) is 21.2. The summed E-state index contributed by atoms with van der Waals surface area (Å²) in [6.07, 6.45) is 11.1. The van der Waals surface area contributed by atoms with Gasteiger partial charge in [-0.15, -0.1) is 12.4 Å². The molecule has 3 heterocycles. The fourth-order valence-corrected chi connectivity index (χ4v) is 3.71. The maximum atomic E-state index is 11.8. The van der Waals surface area contributed by atoms with E-state index in [9.17, 15) is 14.4 Å². The van der Waals surface area contributed by atoms with Crippen molar-refractivity contribution >= 4 is 30.0 Å². The Morgan fingerprint density at radius 3 is 2.24 bits per heavy atom. The fraction of sp³-hybridized carbons (Fsp3) is 0.375. The molecule has 2 aliphatic carbocycles. The number of nitrogens with two attached hydrogens (primary N) is 1. The summed E-state index contributed by atoms with van der Waals surface area (Å²) in [7, 11) is 0. The van der Waals surface area contributed by atoms with Crippen molar-refractivity contribution in [2.45, 2.75) is 45.4 Å². The maximum Gasteiger partial charge on any atom is 0.316 e. The summed E-state index contributed by atoms with van der Waals surface area (Å²) < 4.78 is 4.74. The molecule has 13 heteroatoms. The molecule has 12 nitrogen and oxygen atoms in total. The van der Waals surface area contributed by atoms with Crippen LogP contribution in [0.15, 0.2) is 41.7 Å². The van der Waals surface area contributed by atoms with Gasteiger partial charge in [0.15, 0.2) is 23.3 Å². The number of hydrogen-bond acceptors (Lipinski definition) is 10. The lowest BCUT2D eigenvalue weighted by Gasteiger charge is -2.05. The van der Waals surface area contributed by atoms with E-state index >= 15 is 0 Å². The molecule has 37 heavy (non-hydrogen) atoms. The zero-order chi connectivity index (χ0) is 25.9. The Bertz CT molecular complexity index is 1250. The van der Waals surface area contributed by atoms with Crippen molar-refractivity contribution in [1.29, 1.82) is 5.41 Å². The quantitative estimate of drug-likeness (QED) is 0.195. The SMILES string of the molecule is CCOC(=O)C1CCCC1=O.Cl.N=C(N)c1ncccn1.O=c1[nH]c(-c2ncccn2)nc2c1CCC2. The summed E-state index contributed by atoms with van der Waals surface area (Å²) in [6.45, 7) is 2.11. The number of carbonyl (C=O) groups is 2. The summed E-state index contributed by atoms with van der Waals surface area (Å²) in [6, 6.07) is 3.40. The molecule has 0 radical (unpaired) electrons. The second kappa shape index (κ2) is 14.5. The van der Waals surface area contributed by atoms with E-state index in [0.29, 0.717) is 31.1 Å². The van der Waals surface area contributed by atoms with Crippen LogP contribution in [0.4, 0.5) is 0 Å². The number of nitrogens with zero attached hydrogens (tertiary/aromatic N) is 5. The third-order valence-corrected chi connectivity index (χ3v) is 5.40. The van der Waals surface area contributed by atoms with Crippen LogP contribution in [0.1, 0.15) is 49.7 Å². The molecule has 1 unspecified atom stereocenters. The molecule has 0 bridgehead atoms. The van der Waals surface area contributed by atoms with Gasteiger partial charge in [0, 0.05) is 36.8 Å². The number of aromatic nitrogens is 6. The average Bonchev–Trinajstić information content (AvgIpc) is 3.55. The molecule has 196 valence electrons. The number of nitrogen functional groups attached to an aromatic ring is 1. The molecule has 4 N–H and O–H groups in total. The van der Waals surface area contributed by atoms with Crippen molar-refractivity contribution in [3.05, 3.63) is 64.4 Å². The van der Waals surface area contributed by atoms with Crippen LogP contribution >= 0.6 is 12.4 Å². The van der Waals surface area contributed by atoms with E-state index in [1.807, 2.05) is 0 Å². The number of aryl methyl sites for hydroxylation is 1. The van der Waals surface area contributed by atoms with Gasteiger partial charge in [0.2, 0.25) is 0 Å². The molecule has 1 saturated carbocycles. The van der Waals surface area contributed by atoms with E-state index in [2.05, 4.69) is 29.9 Å². The van der Waals surface area contributed by atoms with Gasteiger partial charge in [0.25, 0.3) is 5.56 Å². The number of hydrogen-bond donors (Lipinski definition) is 3. The van der Waals surface area contributed by atoms with Gasteiger partial charge in [-0.25, -0.2) is 24.9 Å². The standard InChI is InChI=1S/C11H10N4O.C8H12O3.C5H6N4.ClH/c16-11-7-3-1-4-8(7)14-10(15-11)9-12-5-2-6-13-9;1-2-11-8(10)6-4-3-5-7(6)9;6-4(7)5-8-2-1-3-9-5;/h2,5-6H,1,3-4H2,(H,14,15,16);6H,2-5H2,1H3;1-3H,(H3,6,7);1H. The van der Waals surface area contributed by atoms with Gasteiger partial charge in [-0.1, -0.05) is 0 Å². The maximum absolute atomic E-state index is 11.8. The first kappa shape index (κ1) is 29.2. The van der Waals surface area contributed by atoms with Crippen molar-refractivity contribution in [3.63, 3.8) is 0 Å². The highest BCUT2D eigenvalue weighted by Gasteiger charge is 2.31. The van der Waals surface area contributed by atoms with Crippen molar-refractivity contribution in [3.8, 4) is 11.6 Å². The van der Waals surface area contributed by atoms with E-state index in [4.69, 9.17) is 15.9 Å². The minimum atomic E-state index is -0.449. The normalized spacial score (nSPS) is 15.2. The van der Waals surface area contributed by atoms with Crippen LogP contribution in [0.2, 0.25) is 0 Å². The number of Topliss-reactive ketones (excluding diaryl/α,β-unsaturated/α-hetero) is 1. The lowest BCUT2D eigenvalue weighted by atomic mass is 10.1. The second-order valence-electron chi connectivity index (χ2n) is 7.91. The highest BCUT2D eigenvalue weighted by molar-refractivity contribution is 6.00. The molecule has 3 aromatic rings. The smallest absolute Gasteiger partial charge is 0.316 e. The summed E-state index contributed by atoms with van der Waals surface area (Å²) in [5.41, 5.74) is 6.73. The van der Waals surface area contributed by atoms with Crippen molar-refractivity contribution in [1.82, 2.24) is 29.9 Å². The van der Waals surface area contributed by atoms with Gasteiger partial charge in [0.1, 0.15) is 11.7 Å². The molecule has 2 aliphatic rings. The summed E-state index contributed by atoms with van der Waals surface area (Å²) in [4.78, 5) is 56.5. The zero-order valence-electron chi connectivity index (χ0n) is 20.3. The highest BCUT2D eigenvalue weighted by atomic mass is 35.5. The van der Waals surface area contributed by atoms with E-state index in [0.717, 1.165) is 36.9 Å². The Hall–Kier alpha value is -4.06. The van der Waals surface area contributed by atoms with Crippen LogP contribution in [0.25, 0.3) is 11.6 Å². The largest absolute Gasteiger partial charge is 0.465 e. The monoisotopic (exact) mass is 528 g/mol. The molecule has 1 fully saturated rings. The second-order valence-corrected chi connectivity index (χ2v) is 7.91. The Labute approximate surface area is 219 Å². The van der Waals surface area contributed by atoms with Gasteiger partial charge in [0.05, 0.1) is 12.3 Å². The molecular formula is C24H29ClN8O4. The number of fused-ring (bicyclic) bond motifs is 1. The van der Waals surface area contributed by atoms with Crippen molar-refractivity contribution in [2.24, 2.45) is 11.7 Å².